The number of hydrogen-bond acceptors (Lipinski definition) is 6. The minimum atomic E-state index is -0.459. The van der Waals surface area contributed by atoms with E-state index in [2.05, 4.69) is 10.3 Å². The molecule has 104 valence electrons. The molecule has 7 heteroatoms. The van der Waals surface area contributed by atoms with E-state index in [-0.39, 0.29) is 11.3 Å². The van der Waals surface area contributed by atoms with Gasteiger partial charge in [-0.3, -0.25) is 10.1 Å². The highest BCUT2D eigenvalue weighted by Gasteiger charge is 2.32. The summed E-state index contributed by atoms with van der Waals surface area (Å²) >= 11 is 0. The number of hydrogen-bond donors (Lipinski definition) is 1. The van der Waals surface area contributed by atoms with Crippen LogP contribution in [-0.2, 0) is 0 Å². The smallest absolute Gasteiger partial charge is 0.312 e. The van der Waals surface area contributed by atoms with Crippen LogP contribution in [0.25, 0.3) is 0 Å². The van der Waals surface area contributed by atoms with Gasteiger partial charge in [0.1, 0.15) is 6.07 Å². The van der Waals surface area contributed by atoms with E-state index in [0.717, 1.165) is 25.9 Å². The minimum absolute atomic E-state index is 0.0816. The highest BCUT2D eigenvalue weighted by Crippen LogP contribution is 2.30. The Balaban J connectivity index is 1.93. The molecular weight excluding hydrogens is 258 g/mol. The normalized spacial score (nSPS) is 25.1. The summed E-state index contributed by atoms with van der Waals surface area (Å²) in [7, 11) is 0. The quantitative estimate of drug-likeness (QED) is 0.642. The Bertz CT molecular complexity index is 583. The molecule has 2 atom stereocenters. The van der Waals surface area contributed by atoms with Crippen LogP contribution >= 0.6 is 0 Å². The van der Waals surface area contributed by atoms with Crippen LogP contribution in [0, 0.1) is 21.4 Å². The van der Waals surface area contributed by atoms with Gasteiger partial charge in [0.25, 0.3) is 0 Å². The summed E-state index contributed by atoms with van der Waals surface area (Å²) in [5, 5.41) is 23.6. The predicted molar refractivity (Wildman–Crippen MR) is 72.4 cm³/mol. The fourth-order valence-corrected chi connectivity index (χ4v) is 3.02. The van der Waals surface area contributed by atoms with E-state index in [0.29, 0.717) is 17.9 Å². The molecule has 1 N–H and O–H groups in total. The maximum Gasteiger partial charge on any atom is 0.312 e. The van der Waals surface area contributed by atoms with Gasteiger partial charge in [0.05, 0.1) is 10.5 Å². The summed E-state index contributed by atoms with van der Waals surface area (Å²) in [4.78, 5) is 16.9. The lowest BCUT2D eigenvalue weighted by atomic mass is 10.1. The largest absolute Gasteiger partial charge is 0.349 e. The molecule has 0 amide bonds. The van der Waals surface area contributed by atoms with Crippen LogP contribution in [0.5, 0.6) is 0 Å². The third-order valence-corrected chi connectivity index (χ3v) is 4.00. The van der Waals surface area contributed by atoms with Crippen LogP contribution in [0.15, 0.2) is 12.3 Å². The molecule has 2 bridgehead atoms. The van der Waals surface area contributed by atoms with Crippen molar-refractivity contribution < 1.29 is 4.92 Å². The van der Waals surface area contributed by atoms with Crippen molar-refractivity contribution in [3.05, 3.63) is 27.9 Å². The first-order chi connectivity index (χ1) is 9.67. The van der Waals surface area contributed by atoms with Crippen LogP contribution in [-0.4, -0.2) is 35.1 Å². The molecule has 2 saturated heterocycles. The van der Waals surface area contributed by atoms with E-state index in [1.807, 2.05) is 11.0 Å². The van der Waals surface area contributed by atoms with Gasteiger partial charge in [-0.15, -0.1) is 0 Å². The van der Waals surface area contributed by atoms with Crippen LogP contribution in [0.1, 0.15) is 24.8 Å². The Morgan fingerprint density at radius 3 is 3.00 bits per heavy atom. The monoisotopic (exact) mass is 273 g/mol. The Kier molecular flexibility index (Phi) is 3.24. The van der Waals surface area contributed by atoms with Gasteiger partial charge in [-0.25, -0.2) is 4.98 Å². The number of fused-ring (bicyclic) bond motifs is 2. The average Bonchev–Trinajstić information content (AvgIpc) is 2.78. The molecular formula is C13H15N5O2. The second-order valence-electron chi connectivity index (χ2n) is 5.31. The number of nitrogens with one attached hydrogen (secondary N) is 1. The number of nitriles is 1. The first-order valence-corrected chi connectivity index (χ1v) is 6.73. The van der Waals surface area contributed by atoms with Gasteiger partial charge in [-0.1, -0.05) is 0 Å². The molecule has 20 heavy (non-hydrogen) atoms. The molecule has 1 aromatic rings. The van der Waals surface area contributed by atoms with Gasteiger partial charge >= 0.3 is 5.69 Å². The van der Waals surface area contributed by atoms with Gasteiger partial charge in [-0.05, 0) is 19.3 Å². The summed E-state index contributed by atoms with van der Waals surface area (Å²) in [6.07, 6.45) is 4.65. The predicted octanol–water partition coefficient (Wildman–Crippen LogP) is 1.19. The second-order valence-corrected chi connectivity index (χ2v) is 5.31. The van der Waals surface area contributed by atoms with E-state index < -0.39 is 4.92 Å². The zero-order valence-electron chi connectivity index (χ0n) is 11.0. The van der Waals surface area contributed by atoms with E-state index in [4.69, 9.17) is 5.26 Å². The molecule has 0 saturated carbocycles. The van der Waals surface area contributed by atoms with Crippen molar-refractivity contribution in [1.82, 2.24) is 10.3 Å². The standard InChI is InChI=1S/C13H15N5O2/c14-6-9-5-12(18(19)20)13(15-7-9)17-4-3-10-1-2-11(8-17)16-10/h5,7,10-11,16H,1-4,8H2. The van der Waals surface area contributed by atoms with Crippen molar-refractivity contribution in [3.63, 3.8) is 0 Å². The molecule has 2 aliphatic rings. The molecule has 3 heterocycles. The zero-order valence-corrected chi connectivity index (χ0v) is 11.0. The second kappa shape index (κ2) is 5.06. The first-order valence-electron chi connectivity index (χ1n) is 6.73. The number of aromatic nitrogens is 1. The van der Waals surface area contributed by atoms with Gasteiger partial charge < -0.3 is 10.2 Å². The Hall–Kier alpha value is -2.20. The van der Waals surface area contributed by atoms with Gasteiger partial charge in [-0.2, -0.15) is 5.26 Å². The van der Waals surface area contributed by atoms with Crippen LogP contribution in [0.4, 0.5) is 11.5 Å². The lowest BCUT2D eigenvalue weighted by Crippen LogP contribution is -2.36. The SMILES string of the molecule is N#Cc1cnc(N2CCC3CCC(C2)N3)c([N+](=O)[O-])c1. The number of nitro groups is 1. The fourth-order valence-electron chi connectivity index (χ4n) is 3.02. The number of nitrogens with zero attached hydrogens (tertiary/aromatic N) is 4. The summed E-state index contributed by atoms with van der Waals surface area (Å²) in [5.41, 5.74) is 0.136. The van der Waals surface area contributed by atoms with Crippen LogP contribution in [0.3, 0.4) is 0 Å². The molecule has 2 fully saturated rings. The molecule has 0 radical (unpaired) electrons. The lowest BCUT2D eigenvalue weighted by molar-refractivity contribution is -0.384. The summed E-state index contributed by atoms with van der Waals surface area (Å²) < 4.78 is 0. The zero-order chi connectivity index (χ0) is 14.1. The van der Waals surface area contributed by atoms with Crippen LogP contribution < -0.4 is 10.2 Å². The molecule has 2 unspecified atom stereocenters. The molecule has 7 nitrogen and oxygen atoms in total. The Labute approximate surface area is 116 Å². The molecule has 2 aliphatic heterocycles. The van der Waals surface area contributed by atoms with Crippen molar-refractivity contribution >= 4 is 11.5 Å². The number of anilines is 1. The highest BCUT2D eigenvalue weighted by molar-refractivity contribution is 5.60. The number of rotatable bonds is 2. The third-order valence-electron chi connectivity index (χ3n) is 4.00. The number of pyridine rings is 1. The molecule has 0 spiro atoms. The third kappa shape index (κ3) is 2.30. The van der Waals surface area contributed by atoms with Gasteiger partial charge in [0.15, 0.2) is 0 Å². The maximum absolute atomic E-state index is 11.2. The Morgan fingerprint density at radius 2 is 2.25 bits per heavy atom. The maximum atomic E-state index is 11.2. The van der Waals surface area contributed by atoms with Crippen LogP contribution in [0.2, 0.25) is 0 Å². The van der Waals surface area contributed by atoms with Crippen molar-refractivity contribution in [2.45, 2.75) is 31.3 Å². The van der Waals surface area contributed by atoms with Crippen molar-refractivity contribution in [2.75, 3.05) is 18.0 Å². The topological polar surface area (TPSA) is 95.1 Å². The van der Waals surface area contributed by atoms with Crippen molar-refractivity contribution in [1.29, 1.82) is 5.26 Å². The van der Waals surface area contributed by atoms with E-state index >= 15 is 0 Å². The van der Waals surface area contributed by atoms with E-state index in [1.165, 1.54) is 18.7 Å². The summed E-state index contributed by atoms with van der Waals surface area (Å²) in [5.74, 6) is 0.378. The van der Waals surface area contributed by atoms with E-state index in [1.54, 1.807) is 0 Å². The first kappa shape index (κ1) is 12.8. The summed E-state index contributed by atoms with van der Waals surface area (Å²) in [6.45, 7) is 1.49. The Morgan fingerprint density at radius 1 is 1.45 bits per heavy atom. The fraction of sp³-hybridized carbons (Fsp3) is 0.538. The van der Waals surface area contributed by atoms with Crippen molar-refractivity contribution in [3.8, 4) is 6.07 Å². The minimum Gasteiger partial charge on any atom is -0.349 e. The van der Waals surface area contributed by atoms with E-state index in [9.17, 15) is 10.1 Å². The summed E-state index contributed by atoms with van der Waals surface area (Å²) in [6, 6.07) is 4.09. The highest BCUT2D eigenvalue weighted by atomic mass is 16.6. The van der Waals surface area contributed by atoms with Gasteiger partial charge in [0, 0.05) is 37.4 Å². The lowest BCUT2D eigenvalue weighted by Gasteiger charge is -2.24. The van der Waals surface area contributed by atoms with Gasteiger partial charge in [0.2, 0.25) is 5.82 Å². The average molecular weight is 273 g/mol. The molecule has 1 aromatic heterocycles. The molecule has 0 aliphatic carbocycles. The van der Waals surface area contributed by atoms with Crippen molar-refractivity contribution in [2.24, 2.45) is 0 Å². The molecule has 3 rings (SSSR count). The molecule has 0 aromatic carbocycles.